The minimum Gasteiger partial charge on any atom is -0.481 e. The Hall–Kier alpha value is -1.86. The molecule has 1 aromatic rings. The summed E-state index contributed by atoms with van der Waals surface area (Å²) in [6.07, 6.45) is 0.581. The Kier molecular flexibility index (Phi) is 3.82. The average molecular weight is 295 g/mol. The molecule has 1 fully saturated rings. The molecule has 110 valence electrons. The van der Waals surface area contributed by atoms with Crippen molar-refractivity contribution < 1.29 is 31.9 Å². The maximum absolute atomic E-state index is 13.6. The molecule has 3 nitrogen and oxygen atoms in total. The third-order valence-corrected chi connectivity index (χ3v) is 3.27. The lowest BCUT2D eigenvalue weighted by Crippen LogP contribution is -2.40. The molecule has 20 heavy (non-hydrogen) atoms. The summed E-state index contributed by atoms with van der Waals surface area (Å²) in [5.74, 6) is -12.2. The highest BCUT2D eigenvalue weighted by Crippen LogP contribution is 2.32. The molecule has 1 heterocycles. The molecule has 2 rings (SSSR count). The molecule has 0 radical (unpaired) electrons. The molecule has 1 unspecified atom stereocenters. The molecule has 1 atom stereocenters. The van der Waals surface area contributed by atoms with Gasteiger partial charge in [-0.05, 0) is 12.8 Å². The molecule has 1 aliphatic rings. The van der Waals surface area contributed by atoms with Crippen molar-refractivity contribution >= 4 is 11.7 Å². The fourth-order valence-corrected chi connectivity index (χ4v) is 2.25. The lowest BCUT2D eigenvalue weighted by Gasteiger charge is -2.33. The average Bonchev–Trinajstić information content (AvgIpc) is 2.43. The van der Waals surface area contributed by atoms with Gasteiger partial charge in [0.15, 0.2) is 23.3 Å². The number of rotatable bonds is 2. The lowest BCUT2D eigenvalue weighted by atomic mass is 9.97. The molecular formula is C12H10F5NO2. The van der Waals surface area contributed by atoms with Crippen LogP contribution in [0, 0.1) is 35.0 Å². The minimum atomic E-state index is -2.23. The van der Waals surface area contributed by atoms with E-state index in [1.165, 1.54) is 0 Å². The highest BCUT2D eigenvalue weighted by molar-refractivity contribution is 5.71. The van der Waals surface area contributed by atoms with Crippen molar-refractivity contribution in [3.05, 3.63) is 29.1 Å². The first kappa shape index (κ1) is 14.5. The number of aliphatic carboxylic acids is 1. The fourth-order valence-electron chi connectivity index (χ4n) is 2.25. The van der Waals surface area contributed by atoms with Crippen LogP contribution in [-0.4, -0.2) is 24.2 Å². The Bertz CT molecular complexity index is 534. The molecule has 0 aliphatic carbocycles. The molecule has 0 saturated carbocycles. The molecule has 0 spiro atoms. The van der Waals surface area contributed by atoms with Gasteiger partial charge in [-0.1, -0.05) is 0 Å². The van der Waals surface area contributed by atoms with E-state index in [0.29, 0.717) is 6.42 Å². The van der Waals surface area contributed by atoms with Gasteiger partial charge in [-0.15, -0.1) is 0 Å². The predicted molar refractivity (Wildman–Crippen MR) is 58.8 cm³/mol. The van der Waals surface area contributed by atoms with Crippen LogP contribution >= 0.6 is 0 Å². The highest BCUT2D eigenvalue weighted by atomic mass is 19.2. The maximum atomic E-state index is 13.6. The third-order valence-electron chi connectivity index (χ3n) is 3.27. The van der Waals surface area contributed by atoms with Gasteiger partial charge in [-0.25, -0.2) is 22.0 Å². The fraction of sp³-hybridized carbons (Fsp3) is 0.417. The topological polar surface area (TPSA) is 40.5 Å². The van der Waals surface area contributed by atoms with Crippen molar-refractivity contribution in [3.8, 4) is 0 Å². The Labute approximate surface area is 110 Å². The number of benzene rings is 1. The van der Waals surface area contributed by atoms with Crippen LogP contribution in [0.15, 0.2) is 0 Å². The van der Waals surface area contributed by atoms with Crippen molar-refractivity contribution in [2.24, 2.45) is 5.92 Å². The summed E-state index contributed by atoms with van der Waals surface area (Å²) in [6.45, 7) is -0.268. The monoisotopic (exact) mass is 295 g/mol. The van der Waals surface area contributed by atoms with Gasteiger partial charge in [-0.3, -0.25) is 4.79 Å². The summed E-state index contributed by atoms with van der Waals surface area (Å²) < 4.78 is 66.4. The summed E-state index contributed by atoms with van der Waals surface area (Å²) in [5.41, 5.74) is -1.06. The van der Waals surface area contributed by atoms with Gasteiger partial charge in [0.2, 0.25) is 5.82 Å². The predicted octanol–water partition coefficient (Wildman–Crippen LogP) is 2.68. The van der Waals surface area contributed by atoms with Crippen molar-refractivity contribution in [1.82, 2.24) is 0 Å². The Morgan fingerprint density at radius 2 is 1.50 bits per heavy atom. The number of carboxylic acid groups (broad SMARTS) is 1. The van der Waals surface area contributed by atoms with E-state index in [9.17, 15) is 26.7 Å². The zero-order valence-electron chi connectivity index (χ0n) is 10.1. The van der Waals surface area contributed by atoms with Gasteiger partial charge in [0, 0.05) is 13.1 Å². The second-order valence-electron chi connectivity index (χ2n) is 4.54. The van der Waals surface area contributed by atoms with Gasteiger partial charge in [0.1, 0.15) is 5.69 Å². The van der Waals surface area contributed by atoms with Crippen LogP contribution in [0.2, 0.25) is 0 Å². The van der Waals surface area contributed by atoms with Crippen molar-refractivity contribution in [2.75, 3.05) is 18.0 Å². The van der Waals surface area contributed by atoms with E-state index in [2.05, 4.69) is 0 Å². The van der Waals surface area contributed by atoms with Crippen LogP contribution in [-0.2, 0) is 4.79 Å². The summed E-state index contributed by atoms with van der Waals surface area (Å²) >= 11 is 0. The largest absolute Gasteiger partial charge is 0.481 e. The molecule has 1 aliphatic heterocycles. The first-order valence-electron chi connectivity index (χ1n) is 5.83. The summed E-state index contributed by atoms with van der Waals surface area (Å²) in [4.78, 5) is 11.8. The van der Waals surface area contributed by atoms with E-state index in [1.54, 1.807) is 0 Å². The van der Waals surface area contributed by atoms with Gasteiger partial charge in [0.25, 0.3) is 0 Å². The van der Waals surface area contributed by atoms with Crippen LogP contribution in [0.1, 0.15) is 12.8 Å². The number of hydrogen-bond donors (Lipinski definition) is 1. The third kappa shape index (κ3) is 2.30. The van der Waals surface area contributed by atoms with E-state index in [4.69, 9.17) is 5.11 Å². The zero-order valence-corrected chi connectivity index (χ0v) is 10.1. The van der Waals surface area contributed by atoms with Crippen LogP contribution < -0.4 is 4.90 Å². The highest BCUT2D eigenvalue weighted by Gasteiger charge is 2.33. The molecule has 1 aromatic carbocycles. The molecule has 1 N–H and O–H groups in total. The molecule has 1 saturated heterocycles. The van der Waals surface area contributed by atoms with Crippen LogP contribution in [0.25, 0.3) is 0 Å². The number of nitrogens with zero attached hydrogens (tertiary/aromatic N) is 1. The number of hydrogen-bond acceptors (Lipinski definition) is 2. The number of carbonyl (C=O) groups is 1. The van der Waals surface area contributed by atoms with E-state index in [-0.39, 0.29) is 19.5 Å². The maximum Gasteiger partial charge on any atom is 0.308 e. The van der Waals surface area contributed by atoms with Gasteiger partial charge in [-0.2, -0.15) is 0 Å². The smallest absolute Gasteiger partial charge is 0.308 e. The van der Waals surface area contributed by atoms with Crippen LogP contribution in [0.5, 0.6) is 0 Å². The molecular weight excluding hydrogens is 285 g/mol. The second kappa shape index (κ2) is 5.26. The van der Waals surface area contributed by atoms with Gasteiger partial charge >= 0.3 is 5.97 Å². The quantitative estimate of drug-likeness (QED) is 0.518. The van der Waals surface area contributed by atoms with E-state index in [1.807, 2.05) is 0 Å². The number of piperidine rings is 1. The Morgan fingerprint density at radius 1 is 1.00 bits per heavy atom. The Morgan fingerprint density at radius 3 is 2.00 bits per heavy atom. The second-order valence-corrected chi connectivity index (χ2v) is 4.54. The lowest BCUT2D eigenvalue weighted by molar-refractivity contribution is -0.141. The molecule has 0 amide bonds. The summed E-state index contributed by atoms with van der Waals surface area (Å²) in [6, 6.07) is 0. The van der Waals surface area contributed by atoms with Crippen LogP contribution in [0.3, 0.4) is 0 Å². The summed E-state index contributed by atoms with van der Waals surface area (Å²) in [5, 5.41) is 8.87. The van der Waals surface area contributed by atoms with Crippen molar-refractivity contribution in [3.63, 3.8) is 0 Å². The normalized spacial score (nSPS) is 19.2. The standard InChI is InChI=1S/C12H10F5NO2/c13-6-7(14)9(16)11(10(17)8(6)15)18-3-1-2-5(4-18)12(19)20/h5H,1-4H2,(H,19,20). The first-order chi connectivity index (χ1) is 9.34. The van der Waals surface area contributed by atoms with E-state index >= 15 is 0 Å². The van der Waals surface area contributed by atoms with Gasteiger partial charge < -0.3 is 10.0 Å². The Balaban J connectivity index is 2.45. The zero-order chi connectivity index (χ0) is 15.0. The van der Waals surface area contributed by atoms with E-state index in [0.717, 1.165) is 4.90 Å². The molecule has 8 heteroatoms. The minimum absolute atomic E-state index is 0.0299. The first-order valence-corrected chi connectivity index (χ1v) is 5.83. The number of anilines is 1. The number of carboxylic acids is 1. The molecule has 0 aromatic heterocycles. The van der Waals surface area contributed by atoms with Crippen molar-refractivity contribution in [2.45, 2.75) is 12.8 Å². The number of halogens is 5. The van der Waals surface area contributed by atoms with Gasteiger partial charge in [0.05, 0.1) is 5.92 Å². The summed E-state index contributed by atoms with van der Waals surface area (Å²) in [7, 11) is 0. The van der Waals surface area contributed by atoms with E-state index < -0.39 is 46.7 Å². The van der Waals surface area contributed by atoms with Crippen molar-refractivity contribution in [1.29, 1.82) is 0 Å². The SMILES string of the molecule is O=C(O)C1CCCN(c2c(F)c(F)c(F)c(F)c2F)C1. The van der Waals surface area contributed by atoms with Crippen LogP contribution in [0.4, 0.5) is 27.6 Å². The molecule has 0 bridgehead atoms.